The third-order valence-corrected chi connectivity index (χ3v) is 8.13. The van der Waals surface area contributed by atoms with Crippen LogP contribution >= 0.6 is 0 Å². The Morgan fingerprint density at radius 2 is 1.22 bits per heavy atom. The number of carbonyl (C=O) groups is 2. The molecule has 0 atom stereocenters. The molecule has 0 saturated heterocycles. The molecule has 37 heavy (non-hydrogen) atoms. The lowest BCUT2D eigenvalue weighted by Crippen LogP contribution is -2.50. The molecule has 4 rings (SSSR count). The van der Waals surface area contributed by atoms with Gasteiger partial charge in [-0.1, -0.05) is 60.7 Å². The van der Waals surface area contributed by atoms with Crippen LogP contribution in [0.15, 0.2) is 60.7 Å². The van der Waals surface area contributed by atoms with Crippen molar-refractivity contribution in [3.05, 3.63) is 71.8 Å². The monoisotopic (exact) mass is 508 g/mol. The van der Waals surface area contributed by atoms with Gasteiger partial charge in [0.1, 0.15) is 5.60 Å². The van der Waals surface area contributed by atoms with Crippen LogP contribution in [0.4, 0.5) is 9.59 Å². The second-order valence-corrected chi connectivity index (χ2v) is 11.3. The molecule has 2 aliphatic rings. The molecule has 0 spiro atoms. The first kappa shape index (κ1) is 27.0. The molecule has 7 nitrogen and oxygen atoms in total. The summed E-state index contributed by atoms with van der Waals surface area (Å²) in [5.41, 5.74) is 0.690. The molecule has 0 unspecified atom stereocenters. The third-order valence-electron chi connectivity index (χ3n) is 8.13. The molecule has 2 N–H and O–H groups in total. The van der Waals surface area contributed by atoms with Crippen LogP contribution in [-0.4, -0.2) is 55.5 Å². The lowest BCUT2D eigenvalue weighted by Gasteiger charge is -2.43. The highest BCUT2D eigenvalue weighted by atomic mass is 16.6. The number of nitrogens with zero attached hydrogens (tertiary/aromatic N) is 2. The third kappa shape index (κ3) is 7.25. The lowest BCUT2D eigenvalue weighted by molar-refractivity contribution is -0.0512. The SMILES string of the molecule is CC1(O)CCC(N(Cc2ccccc2)C(=O)O[C@]2(C)CC[C@@H](N(Cc3ccccc3)C(=O)O)CC2)CC1. The number of amides is 2. The summed E-state index contributed by atoms with van der Waals surface area (Å²) in [6, 6.07) is 19.5. The summed E-state index contributed by atoms with van der Waals surface area (Å²) in [4.78, 5) is 29.0. The summed E-state index contributed by atoms with van der Waals surface area (Å²) < 4.78 is 6.18. The van der Waals surface area contributed by atoms with Gasteiger partial charge >= 0.3 is 12.2 Å². The highest BCUT2D eigenvalue weighted by Crippen LogP contribution is 2.36. The zero-order valence-electron chi connectivity index (χ0n) is 22.0. The molecule has 7 heteroatoms. The average molecular weight is 509 g/mol. The summed E-state index contributed by atoms with van der Waals surface area (Å²) >= 11 is 0. The van der Waals surface area contributed by atoms with Crippen LogP contribution in [0.2, 0.25) is 0 Å². The van der Waals surface area contributed by atoms with Gasteiger partial charge in [0.2, 0.25) is 0 Å². The molecule has 2 fully saturated rings. The van der Waals surface area contributed by atoms with E-state index in [9.17, 15) is 19.8 Å². The largest absolute Gasteiger partial charge is 0.465 e. The van der Waals surface area contributed by atoms with Crippen LogP contribution in [0.1, 0.15) is 76.3 Å². The molecule has 0 aliphatic heterocycles. The number of benzene rings is 2. The Balaban J connectivity index is 1.40. The van der Waals surface area contributed by atoms with Crippen molar-refractivity contribution < 1.29 is 24.5 Å². The fraction of sp³-hybridized carbons (Fsp3) is 0.533. The van der Waals surface area contributed by atoms with Crippen molar-refractivity contribution in [1.82, 2.24) is 9.80 Å². The van der Waals surface area contributed by atoms with Gasteiger partial charge in [0, 0.05) is 25.2 Å². The van der Waals surface area contributed by atoms with Gasteiger partial charge in [0.25, 0.3) is 0 Å². The van der Waals surface area contributed by atoms with Crippen LogP contribution in [-0.2, 0) is 17.8 Å². The summed E-state index contributed by atoms with van der Waals surface area (Å²) in [6.07, 6.45) is 4.06. The highest BCUT2D eigenvalue weighted by molar-refractivity contribution is 5.69. The number of hydrogen-bond acceptors (Lipinski definition) is 4. The summed E-state index contributed by atoms with van der Waals surface area (Å²) in [5, 5.41) is 20.3. The predicted molar refractivity (Wildman–Crippen MR) is 142 cm³/mol. The standard InChI is InChI=1S/C30H40N2O5/c1-29(36)17-13-26(14-18-29)32(22-24-11-7-4-8-12-24)28(35)37-30(2)19-15-25(16-20-30)31(27(33)34)21-23-9-5-3-6-10-23/h3-12,25-26,36H,13-22H2,1-2H3,(H,33,34)/t25-,26?,29?,30-. The molecule has 0 radical (unpaired) electrons. The first-order valence-corrected chi connectivity index (χ1v) is 13.4. The normalized spacial score (nSPS) is 27.8. The molecular formula is C30H40N2O5. The van der Waals surface area contributed by atoms with Gasteiger partial charge in [-0.2, -0.15) is 0 Å². The molecule has 0 aromatic heterocycles. The van der Waals surface area contributed by atoms with E-state index in [1.54, 1.807) is 0 Å². The van der Waals surface area contributed by atoms with Crippen molar-refractivity contribution in [2.45, 2.75) is 102 Å². The lowest BCUT2D eigenvalue weighted by atomic mass is 9.82. The van der Waals surface area contributed by atoms with Crippen LogP contribution in [0, 0.1) is 0 Å². The van der Waals surface area contributed by atoms with Crippen molar-refractivity contribution in [2.24, 2.45) is 0 Å². The number of ether oxygens (including phenoxy) is 1. The maximum atomic E-state index is 13.6. The molecule has 2 saturated carbocycles. The van der Waals surface area contributed by atoms with Gasteiger partial charge in [-0.15, -0.1) is 0 Å². The van der Waals surface area contributed by atoms with E-state index in [-0.39, 0.29) is 18.2 Å². The van der Waals surface area contributed by atoms with Gasteiger partial charge in [0.15, 0.2) is 0 Å². The molecule has 200 valence electrons. The second-order valence-electron chi connectivity index (χ2n) is 11.3. The van der Waals surface area contributed by atoms with E-state index >= 15 is 0 Å². The number of hydrogen-bond donors (Lipinski definition) is 2. The Kier molecular flexibility index (Phi) is 8.42. The summed E-state index contributed by atoms with van der Waals surface area (Å²) in [5.74, 6) is 0. The highest BCUT2D eigenvalue weighted by Gasteiger charge is 2.40. The van der Waals surface area contributed by atoms with Crippen LogP contribution in [0.5, 0.6) is 0 Å². The first-order chi connectivity index (χ1) is 17.6. The van der Waals surface area contributed by atoms with Gasteiger partial charge in [-0.05, 0) is 76.3 Å². The van der Waals surface area contributed by atoms with E-state index in [2.05, 4.69) is 0 Å². The quantitative estimate of drug-likeness (QED) is 0.465. The van der Waals surface area contributed by atoms with E-state index in [0.717, 1.165) is 24.0 Å². The minimum absolute atomic E-state index is 0.0150. The van der Waals surface area contributed by atoms with E-state index in [0.29, 0.717) is 51.6 Å². The summed E-state index contributed by atoms with van der Waals surface area (Å²) in [6.45, 7) is 4.65. The first-order valence-electron chi connectivity index (χ1n) is 13.4. The number of rotatable bonds is 7. The fourth-order valence-corrected chi connectivity index (χ4v) is 5.69. The topological polar surface area (TPSA) is 90.3 Å². The van der Waals surface area contributed by atoms with E-state index in [1.165, 1.54) is 4.90 Å². The number of aliphatic hydroxyl groups is 1. The van der Waals surface area contributed by atoms with Gasteiger partial charge in [-0.3, -0.25) is 0 Å². The van der Waals surface area contributed by atoms with Crippen molar-refractivity contribution in [3.8, 4) is 0 Å². The smallest absolute Gasteiger partial charge is 0.410 e. The fourth-order valence-electron chi connectivity index (χ4n) is 5.69. The average Bonchev–Trinajstić information content (AvgIpc) is 2.88. The Morgan fingerprint density at radius 1 is 0.784 bits per heavy atom. The van der Waals surface area contributed by atoms with E-state index in [1.807, 2.05) is 79.4 Å². The van der Waals surface area contributed by atoms with Gasteiger partial charge in [-0.25, -0.2) is 9.59 Å². The zero-order chi connectivity index (χ0) is 26.5. The number of carboxylic acid groups (broad SMARTS) is 1. The minimum atomic E-state index is -0.920. The Morgan fingerprint density at radius 3 is 1.70 bits per heavy atom. The maximum absolute atomic E-state index is 13.6. The minimum Gasteiger partial charge on any atom is -0.465 e. The summed E-state index contributed by atoms with van der Waals surface area (Å²) in [7, 11) is 0. The van der Waals surface area contributed by atoms with Crippen LogP contribution in [0.3, 0.4) is 0 Å². The maximum Gasteiger partial charge on any atom is 0.410 e. The zero-order valence-corrected chi connectivity index (χ0v) is 22.0. The molecule has 2 aromatic rings. The Bertz CT molecular complexity index is 1020. The Hall–Kier alpha value is -3.06. The number of carbonyl (C=O) groups excluding carboxylic acids is 1. The predicted octanol–water partition coefficient (Wildman–Crippen LogP) is 6.20. The molecule has 2 aromatic carbocycles. The van der Waals surface area contributed by atoms with Crippen molar-refractivity contribution in [2.75, 3.05) is 0 Å². The van der Waals surface area contributed by atoms with Crippen molar-refractivity contribution in [3.63, 3.8) is 0 Å². The van der Waals surface area contributed by atoms with Gasteiger partial charge in [0.05, 0.1) is 5.60 Å². The molecular weight excluding hydrogens is 468 g/mol. The Labute approximate surface area is 220 Å². The molecule has 2 amide bonds. The van der Waals surface area contributed by atoms with E-state index < -0.39 is 17.3 Å². The van der Waals surface area contributed by atoms with Crippen molar-refractivity contribution >= 4 is 12.2 Å². The van der Waals surface area contributed by atoms with Crippen molar-refractivity contribution in [1.29, 1.82) is 0 Å². The van der Waals surface area contributed by atoms with Crippen LogP contribution in [0.25, 0.3) is 0 Å². The van der Waals surface area contributed by atoms with Gasteiger partial charge < -0.3 is 24.7 Å². The second kappa shape index (κ2) is 11.5. The van der Waals surface area contributed by atoms with Crippen LogP contribution < -0.4 is 0 Å². The molecule has 2 aliphatic carbocycles. The van der Waals surface area contributed by atoms with E-state index in [4.69, 9.17) is 4.74 Å². The molecule has 0 bridgehead atoms. The molecule has 0 heterocycles.